The number of methoxy groups -OCH3 is 1. The van der Waals surface area contributed by atoms with Gasteiger partial charge in [-0.3, -0.25) is 4.90 Å². The van der Waals surface area contributed by atoms with Crippen LogP contribution >= 0.6 is 0 Å². The van der Waals surface area contributed by atoms with Gasteiger partial charge in [0.15, 0.2) is 0 Å². The highest BCUT2D eigenvalue weighted by Crippen LogP contribution is 2.37. The van der Waals surface area contributed by atoms with E-state index in [9.17, 15) is 0 Å². The number of nitrogens with zero attached hydrogens (tertiary/aromatic N) is 1. The molecule has 3 unspecified atom stereocenters. The van der Waals surface area contributed by atoms with Gasteiger partial charge in [-0.1, -0.05) is 12.8 Å². The Morgan fingerprint density at radius 1 is 1.25 bits per heavy atom. The Hall–Kier alpha value is -0.120. The van der Waals surface area contributed by atoms with Gasteiger partial charge in [-0.15, -0.1) is 0 Å². The van der Waals surface area contributed by atoms with E-state index in [2.05, 4.69) is 11.9 Å². The van der Waals surface area contributed by atoms with Gasteiger partial charge in [0.05, 0.1) is 6.10 Å². The van der Waals surface area contributed by atoms with E-state index in [-0.39, 0.29) is 0 Å². The predicted octanol–water partition coefficient (Wildman–Crippen LogP) is 1.61. The van der Waals surface area contributed by atoms with E-state index in [1.165, 1.54) is 38.5 Å². The van der Waals surface area contributed by atoms with Crippen molar-refractivity contribution in [3.63, 3.8) is 0 Å². The van der Waals surface area contributed by atoms with E-state index in [0.717, 1.165) is 12.5 Å². The zero-order chi connectivity index (χ0) is 11.5. The molecule has 0 bridgehead atoms. The molecule has 0 aromatic carbocycles. The van der Waals surface area contributed by atoms with Crippen LogP contribution in [0, 0.1) is 5.92 Å². The second-order valence-electron chi connectivity index (χ2n) is 5.43. The molecule has 2 fully saturated rings. The van der Waals surface area contributed by atoms with Crippen LogP contribution in [0.5, 0.6) is 0 Å². The molecule has 2 saturated carbocycles. The largest absolute Gasteiger partial charge is 0.380 e. The Labute approximate surface area is 99.3 Å². The number of hydrogen-bond acceptors (Lipinski definition) is 3. The monoisotopic (exact) mass is 226 g/mol. The fourth-order valence-corrected chi connectivity index (χ4v) is 3.24. The van der Waals surface area contributed by atoms with Crippen molar-refractivity contribution in [2.45, 2.75) is 56.7 Å². The Balaban J connectivity index is 1.96. The van der Waals surface area contributed by atoms with Gasteiger partial charge in [0.25, 0.3) is 0 Å². The summed E-state index contributed by atoms with van der Waals surface area (Å²) >= 11 is 0. The second-order valence-corrected chi connectivity index (χ2v) is 5.43. The number of hydrogen-bond donors (Lipinski definition) is 1. The fourth-order valence-electron chi connectivity index (χ4n) is 3.24. The molecule has 2 aliphatic rings. The van der Waals surface area contributed by atoms with E-state index < -0.39 is 0 Å². The number of nitrogens with two attached hydrogens (primary N) is 1. The fraction of sp³-hybridized carbons (Fsp3) is 1.00. The molecule has 0 saturated heterocycles. The molecule has 3 heteroatoms. The predicted molar refractivity (Wildman–Crippen MR) is 66.4 cm³/mol. The van der Waals surface area contributed by atoms with Crippen molar-refractivity contribution in [1.29, 1.82) is 0 Å². The first-order valence-electron chi connectivity index (χ1n) is 6.72. The lowest BCUT2D eigenvalue weighted by Gasteiger charge is -2.41. The molecule has 0 aromatic rings. The van der Waals surface area contributed by atoms with Crippen LogP contribution in [0.3, 0.4) is 0 Å². The van der Waals surface area contributed by atoms with Gasteiger partial charge in [0, 0.05) is 25.7 Å². The lowest BCUT2D eigenvalue weighted by Crippen LogP contribution is -2.52. The molecular weight excluding hydrogens is 200 g/mol. The zero-order valence-electron chi connectivity index (χ0n) is 10.7. The minimum absolute atomic E-state index is 0.423. The Kier molecular flexibility index (Phi) is 4.22. The highest BCUT2D eigenvalue weighted by Gasteiger charge is 2.38. The number of likely N-dealkylation sites (N-methyl/N-ethyl adjacent to an activating group) is 1. The maximum atomic E-state index is 5.93. The smallest absolute Gasteiger partial charge is 0.0726 e. The third-order valence-corrected chi connectivity index (χ3v) is 4.42. The summed E-state index contributed by atoms with van der Waals surface area (Å²) in [4.78, 5) is 2.52. The highest BCUT2D eigenvalue weighted by molar-refractivity contribution is 4.93. The SMILES string of the molecule is COC1CCCCC1N(C)C(CN)C1CC1. The molecule has 16 heavy (non-hydrogen) atoms. The molecule has 3 nitrogen and oxygen atoms in total. The molecule has 0 radical (unpaired) electrons. The molecule has 0 aromatic heterocycles. The van der Waals surface area contributed by atoms with Gasteiger partial charge in [0.2, 0.25) is 0 Å². The first-order valence-corrected chi connectivity index (χ1v) is 6.72. The summed E-state index contributed by atoms with van der Waals surface area (Å²) in [5.41, 5.74) is 5.93. The van der Waals surface area contributed by atoms with Gasteiger partial charge in [-0.25, -0.2) is 0 Å². The van der Waals surface area contributed by atoms with Crippen molar-refractivity contribution in [3.05, 3.63) is 0 Å². The normalized spacial score (nSPS) is 33.0. The summed E-state index contributed by atoms with van der Waals surface area (Å²) in [5.74, 6) is 0.856. The first-order chi connectivity index (χ1) is 7.77. The molecule has 3 atom stereocenters. The number of ether oxygens (including phenoxy) is 1. The third kappa shape index (κ3) is 2.58. The molecular formula is C13H26N2O. The van der Waals surface area contributed by atoms with Gasteiger partial charge < -0.3 is 10.5 Å². The Bertz CT molecular complexity index is 218. The van der Waals surface area contributed by atoms with Crippen molar-refractivity contribution >= 4 is 0 Å². The van der Waals surface area contributed by atoms with Crippen molar-refractivity contribution < 1.29 is 4.74 Å². The van der Waals surface area contributed by atoms with Crippen LogP contribution in [0.15, 0.2) is 0 Å². The van der Waals surface area contributed by atoms with Crippen LogP contribution in [0.1, 0.15) is 38.5 Å². The van der Waals surface area contributed by atoms with E-state index in [1.54, 1.807) is 0 Å². The average molecular weight is 226 g/mol. The van der Waals surface area contributed by atoms with Crippen molar-refractivity contribution in [1.82, 2.24) is 4.90 Å². The van der Waals surface area contributed by atoms with Gasteiger partial charge in [-0.2, -0.15) is 0 Å². The van der Waals surface area contributed by atoms with Crippen LogP contribution < -0.4 is 5.73 Å². The summed E-state index contributed by atoms with van der Waals surface area (Å²) in [6.07, 6.45) is 8.32. The quantitative estimate of drug-likeness (QED) is 0.774. The molecule has 0 aliphatic heterocycles. The Morgan fingerprint density at radius 3 is 2.50 bits per heavy atom. The third-order valence-electron chi connectivity index (χ3n) is 4.42. The van der Waals surface area contributed by atoms with Crippen LogP contribution in [-0.4, -0.2) is 43.8 Å². The topological polar surface area (TPSA) is 38.5 Å². The average Bonchev–Trinajstić information content (AvgIpc) is 3.14. The van der Waals surface area contributed by atoms with Crippen molar-refractivity contribution in [3.8, 4) is 0 Å². The van der Waals surface area contributed by atoms with Gasteiger partial charge in [0.1, 0.15) is 0 Å². The van der Waals surface area contributed by atoms with Crippen LogP contribution in [0.25, 0.3) is 0 Å². The summed E-state index contributed by atoms with van der Waals surface area (Å²) in [6, 6.07) is 1.17. The van der Waals surface area contributed by atoms with Crippen molar-refractivity contribution in [2.24, 2.45) is 11.7 Å². The van der Waals surface area contributed by atoms with Gasteiger partial charge >= 0.3 is 0 Å². The molecule has 0 spiro atoms. The lowest BCUT2D eigenvalue weighted by molar-refractivity contribution is -0.0181. The minimum atomic E-state index is 0.423. The van der Waals surface area contributed by atoms with Crippen LogP contribution in [-0.2, 0) is 4.74 Å². The molecule has 2 aliphatic carbocycles. The lowest BCUT2D eigenvalue weighted by atomic mass is 9.90. The second kappa shape index (κ2) is 5.48. The first kappa shape index (κ1) is 12.3. The number of rotatable bonds is 5. The minimum Gasteiger partial charge on any atom is -0.380 e. The van der Waals surface area contributed by atoms with Crippen molar-refractivity contribution in [2.75, 3.05) is 20.7 Å². The van der Waals surface area contributed by atoms with E-state index in [1.807, 2.05) is 7.11 Å². The summed E-state index contributed by atoms with van der Waals surface area (Å²) < 4.78 is 5.64. The molecule has 0 heterocycles. The van der Waals surface area contributed by atoms with E-state index >= 15 is 0 Å². The highest BCUT2D eigenvalue weighted by atomic mass is 16.5. The molecule has 0 amide bonds. The molecule has 94 valence electrons. The maximum absolute atomic E-state index is 5.93. The van der Waals surface area contributed by atoms with Crippen LogP contribution in [0.4, 0.5) is 0 Å². The molecule has 2 N–H and O–H groups in total. The van der Waals surface area contributed by atoms with Gasteiger partial charge in [-0.05, 0) is 38.6 Å². The van der Waals surface area contributed by atoms with E-state index in [0.29, 0.717) is 18.2 Å². The van der Waals surface area contributed by atoms with Crippen LogP contribution in [0.2, 0.25) is 0 Å². The maximum Gasteiger partial charge on any atom is 0.0726 e. The summed E-state index contributed by atoms with van der Waals surface area (Å²) in [7, 11) is 4.10. The Morgan fingerprint density at radius 2 is 1.94 bits per heavy atom. The summed E-state index contributed by atoms with van der Waals surface area (Å²) in [5, 5.41) is 0. The molecule has 2 rings (SSSR count). The summed E-state index contributed by atoms with van der Waals surface area (Å²) in [6.45, 7) is 0.800. The van der Waals surface area contributed by atoms with E-state index in [4.69, 9.17) is 10.5 Å². The zero-order valence-corrected chi connectivity index (χ0v) is 10.7. The standard InChI is InChI=1S/C13H26N2O/c1-15(12(9-14)10-7-8-10)11-5-3-4-6-13(11)16-2/h10-13H,3-9,14H2,1-2H3.